The van der Waals surface area contributed by atoms with Gasteiger partial charge in [0, 0.05) is 0 Å². The summed E-state index contributed by atoms with van der Waals surface area (Å²) in [6.07, 6.45) is 6.54. The van der Waals surface area contributed by atoms with Crippen LogP contribution in [-0.4, -0.2) is 56.9 Å². The largest absolute Gasteiger partial charge is 0.493 e. The molecule has 0 fully saturated rings. The first-order valence-electron chi connectivity index (χ1n) is 16.3. The van der Waals surface area contributed by atoms with Crippen LogP contribution in [0.1, 0.15) is 44.5 Å². The van der Waals surface area contributed by atoms with Crippen LogP contribution >= 0.6 is 0 Å². The summed E-state index contributed by atoms with van der Waals surface area (Å²) in [6, 6.07) is 17.0. The van der Waals surface area contributed by atoms with E-state index in [-0.39, 0.29) is 0 Å². The van der Waals surface area contributed by atoms with Crippen LogP contribution in [0, 0.1) is 0 Å². The van der Waals surface area contributed by atoms with Crippen LogP contribution in [0.25, 0.3) is 0 Å². The number of rotatable bonds is 8. The molecule has 4 aromatic carbocycles. The summed E-state index contributed by atoms with van der Waals surface area (Å²) >= 11 is 0. The summed E-state index contributed by atoms with van der Waals surface area (Å²) in [5.41, 5.74) is 9.81. The van der Waals surface area contributed by atoms with Gasteiger partial charge in [-0.25, -0.2) is 0 Å². The smallest absolute Gasteiger partial charge is 0.161 e. The van der Waals surface area contributed by atoms with E-state index < -0.39 is 0 Å². The molecule has 5 rings (SSSR count). The molecule has 0 unspecified atom stereocenters. The Morgan fingerprint density at radius 3 is 0.417 bits per heavy atom. The van der Waals surface area contributed by atoms with Crippen molar-refractivity contribution in [1.82, 2.24) is 0 Å². The quantitative estimate of drug-likeness (QED) is 0.197. The molecule has 0 bridgehead atoms. The van der Waals surface area contributed by atoms with Gasteiger partial charge >= 0.3 is 0 Å². The van der Waals surface area contributed by atoms with Gasteiger partial charge in [0.15, 0.2) is 46.0 Å². The number of aryl methyl sites for hydroxylation is 8. The second kappa shape index (κ2) is 15.9. The lowest BCUT2D eigenvalue weighted by molar-refractivity contribution is 0.353. The van der Waals surface area contributed by atoms with Crippen molar-refractivity contribution in [2.24, 2.45) is 0 Å². The monoisotopic (exact) mass is 656 g/mol. The van der Waals surface area contributed by atoms with Crippen molar-refractivity contribution in [2.75, 3.05) is 56.9 Å². The number of hydrogen-bond donors (Lipinski definition) is 0. The molecule has 0 N–H and O–H groups in total. The molecule has 4 aromatic rings. The van der Waals surface area contributed by atoms with Crippen molar-refractivity contribution >= 4 is 0 Å². The van der Waals surface area contributed by atoms with E-state index in [1.54, 1.807) is 56.9 Å². The highest BCUT2D eigenvalue weighted by molar-refractivity contribution is 5.53. The summed E-state index contributed by atoms with van der Waals surface area (Å²) < 4.78 is 46.0. The number of methoxy groups -OCH3 is 8. The van der Waals surface area contributed by atoms with Gasteiger partial charge in [0.1, 0.15) is 0 Å². The summed E-state index contributed by atoms with van der Waals surface area (Å²) in [5, 5.41) is 0. The maximum atomic E-state index is 5.75. The maximum Gasteiger partial charge on any atom is 0.161 e. The van der Waals surface area contributed by atoms with Crippen molar-refractivity contribution in [1.29, 1.82) is 0 Å². The number of ether oxygens (including phenoxy) is 8. The molecule has 1 aliphatic carbocycles. The molecule has 0 amide bonds. The Hall–Kier alpha value is -4.72. The molecule has 0 aromatic heterocycles. The van der Waals surface area contributed by atoms with E-state index in [2.05, 4.69) is 48.5 Å². The predicted molar refractivity (Wildman–Crippen MR) is 188 cm³/mol. The van der Waals surface area contributed by atoms with E-state index >= 15 is 0 Å². The summed E-state index contributed by atoms with van der Waals surface area (Å²) in [5.74, 6) is 5.82. The second-order valence-corrected chi connectivity index (χ2v) is 11.9. The molecule has 8 nitrogen and oxygen atoms in total. The van der Waals surface area contributed by atoms with Gasteiger partial charge in [0.05, 0.1) is 56.9 Å². The highest BCUT2D eigenvalue weighted by Gasteiger charge is 2.19. The molecular weight excluding hydrogens is 608 g/mol. The number of fused-ring (bicyclic) bond motifs is 4. The fourth-order valence-electron chi connectivity index (χ4n) is 6.79. The van der Waals surface area contributed by atoms with Gasteiger partial charge in [-0.15, -0.1) is 0 Å². The molecule has 0 radical (unpaired) electrons. The molecule has 0 saturated heterocycles. The van der Waals surface area contributed by atoms with Crippen molar-refractivity contribution in [2.45, 2.75) is 51.4 Å². The zero-order chi connectivity index (χ0) is 34.2. The highest BCUT2D eigenvalue weighted by Crippen LogP contribution is 2.38. The Balaban J connectivity index is 1.67. The fraction of sp³-hybridized carbons (Fsp3) is 0.400. The van der Waals surface area contributed by atoms with E-state index in [0.717, 1.165) is 97.4 Å². The molecule has 256 valence electrons. The first-order valence-corrected chi connectivity index (χ1v) is 16.3. The van der Waals surface area contributed by atoms with Crippen LogP contribution in [0.5, 0.6) is 46.0 Å². The minimum Gasteiger partial charge on any atom is -0.493 e. The Bertz CT molecular complexity index is 1350. The third-order valence-electron chi connectivity index (χ3n) is 9.48. The van der Waals surface area contributed by atoms with Gasteiger partial charge in [0.2, 0.25) is 0 Å². The third kappa shape index (κ3) is 7.38. The maximum absolute atomic E-state index is 5.75. The zero-order valence-electron chi connectivity index (χ0n) is 29.5. The lowest BCUT2D eigenvalue weighted by Crippen LogP contribution is -2.08. The second-order valence-electron chi connectivity index (χ2n) is 11.9. The van der Waals surface area contributed by atoms with Crippen molar-refractivity contribution in [3.05, 3.63) is 93.0 Å². The third-order valence-corrected chi connectivity index (χ3v) is 9.48. The standard InChI is InChI=1S/C40H48O8/c1-41-33-17-25-9-10-27-19-35(43-3)37(45-5)21-29(27)13-14-31-23-39(47-7)40(48-8)24-32(31)16-15-30-22-38(46-6)36(44-4)20-28(30)12-11-26(25)18-34(33)42-2/h17-24H,9-16H2,1-8H3. The number of hydrogen-bond acceptors (Lipinski definition) is 8. The molecule has 0 atom stereocenters. The SMILES string of the molecule is COc1cc2c(cc1OC)CCc1cc(OC)c(OC)cc1CCc1cc(OC)c(OC)cc1CCc1cc(OC)c(OC)cc1CC2. The first kappa shape index (κ1) is 34.6. The van der Waals surface area contributed by atoms with Crippen molar-refractivity contribution in [3.8, 4) is 46.0 Å². The Morgan fingerprint density at radius 1 is 0.229 bits per heavy atom. The summed E-state index contributed by atoms with van der Waals surface area (Å²) in [7, 11) is 13.5. The van der Waals surface area contributed by atoms with Gasteiger partial charge in [-0.05, 0) is 144 Å². The van der Waals surface area contributed by atoms with Crippen LogP contribution in [-0.2, 0) is 51.4 Å². The van der Waals surface area contributed by atoms with Gasteiger partial charge in [-0.1, -0.05) is 0 Å². The molecule has 0 saturated carbocycles. The molecule has 8 heteroatoms. The van der Waals surface area contributed by atoms with Gasteiger partial charge in [-0.2, -0.15) is 0 Å². The molecule has 0 aliphatic heterocycles. The van der Waals surface area contributed by atoms with E-state index in [0.29, 0.717) is 0 Å². The lowest BCUT2D eigenvalue weighted by atomic mass is 9.88. The molecule has 0 spiro atoms. The summed E-state index contributed by atoms with van der Waals surface area (Å²) in [6.45, 7) is 0. The van der Waals surface area contributed by atoms with Crippen LogP contribution < -0.4 is 37.9 Å². The fourth-order valence-corrected chi connectivity index (χ4v) is 6.79. The Labute approximate surface area is 284 Å². The van der Waals surface area contributed by atoms with Gasteiger partial charge < -0.3 is 37.9 Å². The highest BCUT2D eigenvalue weighted by atomic mass is 16.5. The van der Waals surface area contributed by atoms with Crippen LogP contribution in [0.3, 0.4) is 0 Å². The topological polar surface area (TPSA) is 73.8 Å². The Kier molecular flexibility index (Phi) is 11.5. The predicted octanol–water partition coefficient (Wildman–Crippen LogP) is 7.21. The average molecular weight is 657 g/mol. The van der Waals surface area contributed by atoms with E-state index in [4.69, 9.17) is 37.9 Å². The van der Waals surface area contributed by atoms with Crippen molar-refractivity contribution in [3.63, 3.8) is 0 Å². The minimum absolute atomic E-state index is 0.728. The van der Waals surface area contributed by atoms with E-state index in [1.165, 1.54) is 44.5 Å². The van der Waals surface area contributed by atoms with E-state index in [1.807, 2.05) is 0 Å². The normalized spacial score (nSPS) is 13.2. The van der Waals surface area contributed by atoms with Crippen molar-refractivity contribution < 1.29 is 37.9 Å². The molecular formula is C40H48O8. The molecule has 1 aliphatic rings. The minimum atomic E-state index is 0.728. The van der Waals surface area contributed by atoms with Crippen LogP contribution in [0.4, 0.5) is 0 Å². The van der Waals surface area contributed by atoms with Gasteiger partial charge in [-0.3, -0.25) is 0 Å². The summed E-state index contributed by atoms with van der Waals surface area (Å²) in [4.78, 5) is 0. The number of benzene rings is 4. The van der Waals surface area contributed by atoms with Crippen LogP contribution in [0.2, 0.25) is 0 Å². The first-order chi connectivity index (χ1) is 23.4. The Morgan fingerprint density at radius 2 is 0.333 bits per heavy atom. The van der Waals surface area contributed by atoms with E-state index in [9.17, 15) is 0 Å². The molecule has 0 heterocycles. The lowest BCUT2D eigenvalue weighted by Gasteiger charge is -2.20. The zero-order valence-corrected chi connectivity index (χ0v) is 29.5. The van der Waals surface area contributed by atoms with Gasteiger partial charge in [0.25, 0.3) is 0 Å². The average Bonchev–Trinajstić information content (AvgIpc) is 3.13. The van der Waals surface area contributed by atoms with Crippen LogP contribution in [0.15, 0.2) is 48.5 Å². The molecule has 48 heavy (non-hydrogen) atoms.